The zero-order chi connectivity index (χ0) is 11.6. The van der Waals surface area contributed by atoms with Crippen LogP contribution in [0.15, 0.2) is 24.3 Å². The van der Waals surface area contributed by atoms with Crippen LogP contribution < -0.4 is 0 Å². The second-order valence-electron chi connectivity index (χ2n) is 4.76. The third-order valence-corrected chi connectivity index (χ3v) is 3.21. The summed E-state index contributed by atoms with van der Waals surface area (Å²) in [5, 5.41) is 0. The summed E-state index contributed by atoms with van der Waals surface area (Å²) in [5.41, 5.74) is 2.48. The molecule has 0 heterocycles. The van der Waals surface area contributed by atoms with Gasteiger partial charge in [0.25, 0.3) is 0 Å². The molecule has 0 radical (unpaired) electrons. The highest BCUT2D eigenvalue weighted by atomic mass is 16.5. The first-order chi connectivity index (χ1) is 7.63. The van der Waals surface area contributed by atoms with Crippen LogP contribution in [0.25, 0.3) is 0 Å². The van der Waals surface area contributed by atoms with Crippen LogP contribution in [0, 0.1) is 0 Å². The Bertz CT molecular complexity index is 391. The summed E-state index contributed by atoms with van der Waals surface area (Å²) < 4.78 is 5.51. The molecular formula is C14H18O2. The Morgan fingerprint density at radius 3 is 2.62 bits per heavy atom. The van der Waals surface area contributed by atoms with E-state index < -0.39 is 0 Å². The lowest BCUT2D eigenvalue weighted by molar-refractivity contribution is -0.116. The molecule has 86 valence electrons. The zero-order valence-corrected chi connectivity index (χ0v) is 9.95. The number of hydrogen-bond donors (Lipinski definition) is 0. The zero-order valence-electron chi connectivity index (χ0n) is 9.95. The van der Waals surface area contributed by atoms with E-state index >= 15 is 0 Å². The number of hydrogen-bond acceptors (Lipinski definition) is 2. The molecule has 0 atom stereocenters. The number of methoxy groups -OCH3 is 1. The quantitative estimate of drug-likeness (QED) is 0.759. The summed E-state index contributed by atoms with van der Waals surface area (Å²) >= 11 is 0. The Kier molecular flexibility index (Phi) is 3.10. The lowest BCUT2D eigenvalue weighted by Crippen LogP contribution is -2.15. The van der Waals surface area contributed by atoms with Crippen molar-refractivity contribution in [3.63, 3.8) is 0 Å². The molecule has 0 saturated heterocycles. The van der Waals surface area contributed by atoms with Gasteiger partial charge in [0.15, 0.2) is 0 Å². The molecular weight excluding hydrogens is 200 g/mol. The summed E-state index contributed by atoms with van der Waals surface area (Å²) in [7, 11) is 1.78. The molecule has 0 amide bonds. The molecule has 2 nitrogen and oxygen atoms in total. The Balaban J connectivity index is 2.07. The molecule has 0 bridgehead atoms. The summed E-state index contributed by atoms with van der Waals surface area (Å²) in [6.45, 7) is 1.63. The summed E-state index contributed by atoms with van der Waals surface area (Å²) in [6.07, 6.45) is 3.81. The molecule has 0 N–H and O–H groups in total. The third kappa shape index (κ3) is 2.70. The number of carbonyl (C=O) groups excluding carboxylic acids is 1. The van der Waals surface area contributed by atoms with Gasteiger partial charge in [0.1, 0.15) is 5.78 Å². The van der Waals surface area contributed by atoms with Gasteiger partial charge in [-0.15, -0.1) is 0 Å². The van der Waals surface area contributed by atoms with Crippen LogP contribution in [0.2, 0.25) is 0 Å². The van der Waals surface area contributed by atoms with E-state index in [1.165, 1.54) is 5.56 Å². The summed E-state index contributed by atoms with van der Waals surface area (Å²) in [5.74, 6) is 0.213. The average molecular weight is 218 g/mol. The Morgan fingerprint density at radius 1 is 1.38 bits per heavy atom. The number of Topliss-reactive ketones (excluding diaryl/α,β-unsaturated/α-hetero) is 1. The molecule has 0 spiro atoms. The standard InChI is InChI=1S/C14H18O2/c1-11(15)8-12-4-3-5-13(9-12)10-14(16-2)6-7-14/h3-5,9H,6-8,10H2,1-2H3. The van der Waals surface area contributed by atoms with Crippen molar-refractivity contribution in [2.45, 2.75) is 38.2 Å². The highest BCUT2D eigenvalue weighted by Gasteiger charge is 2.42. The molecule has 2 rings (SSSR count). The van der Waals surface area contributed by atoms with Gasteiger partial charge < -0.3 is 4.74 Å². The second-order valence-corrected chi connectivity index (χ2v) is 4.76. The number of benzene rings is 1. The van der Waals surface area contributed by atoms with Gasteiger partial charge in [0.2, 0.25) is 0 Å². The van der Waals surface area contributed by atoms with E-state index in [4.69, 9.17) is 4.74 Å². The van der Waals surface area contributed by atoms with E-state index in [2.05, 4.69) is 12.1 Å². The number of ketones is 1. The molecule has 16 heavy (non-hydrogen) atoms. The van der Waals surface area contributed by atoms with Crippen LogP contribution in [0.5, 0.6) is 0 Å². The largest absolute Gasteiger partial charge is 0.378 e. The van der Waals surface area contributed by atoms with E-state index in [0.29, 0.717) is 6.42 Å². The lowest BCUT2D eigenvalue weighted by atomic mass is 10.0. The SMILES string of the molecule is COC1(Cc2cccc(CC(C)=O)c2)CC1. The van der Waals surface area contributed by atoms with Gasteiger partial charge in [0.05, 0.1) is 5.60 Å². The molecule has 1 saturated carbocycles. The van der Waals surface area contributed by atoms with Gasteiger partial charge in [-0.2, -0.15) is 0 Å². The van der Waals surface area contributed by atoms with Crippen molar-refractivity contribution in [2.24, 2.45) is 0 Å². The summed E-state index contributed by atoms with van der Waals surface area (Å²) in [6, 6.07) is 8.28. The van der Waals surface area contributed by atoms with Crippen molar-refractivity contribution in [1.29, 1.82) is 0 Å². The van der Waals surface area contributed by atoms with E-state index in [-0.39, 0.29) is 11.4 Å². The Labute approximate surface area is 96.6 Å². The second kappa shape index (κ2) is 4.38. The van der Waals surface area contributed by atoms with Gasteiger partial charge in [-0.1, -0.05) is 24.3 Å². The van der Waals surface area contributed by atoms with E-state index in [9.17, 15) is 4.79 Å². The monoisotopic (exact) mass is 218 g/mol. The number of ether oxygens (including phenoxy) is 1. The smallest absolute Gasteiger partial charge is 0.134 e. The fraction of sp³-hybridized carbons (Fsp3) is 0.500. The van der Waals surface area contributed by atoms with Crippen molar-refractivity contribution in [3.8, 4) is 0 Å². The first kappa shape index (κ1) is 11.3. The maximum Gasteiger partial charge on any atom is 0.134 e. The van der Waals surface area contributed by atoms with Crippen molar-refractivity contribution in [2.75, 3.05) is 7.11 Å². The van der Waals surface area contributed by atoms with Crippen molar-refractivity contribution >= 4 is 5.78 Å². The first-order valence-electron chi connectivity index (χ1n) is 5.76. The normalized spacial score (nSPS) is 17.1. The van der Waals surface area contributed by atoms with Gasteiger partial charge >= 0.3 is 0 Å². The fourth-order valence-electron chi connectivity index (χ4n) is 2.10. The van der Waals surface area contributed by atoms with Gasteiger partial charge in [-0.25, -0.2) is 0 Å². The van der Waals surface area contributed by atoms with Crippen LogP contribution in [0.4, 0.5) is 0 Å². The molecule has 1 aromatic rings. The van der Waals surface area contributed by atoms with Gasteiger partial charge in [0, 0.05) is 20.0 Å². The molecule has 0 unspecified atom stereocenters. The third-order valence-electron chi connectivity index (χ3n) is 3.21. The molecule has 1 aliphatic rings. The topological polar surface area (TPSA) is 26.3 Å². The molecule has 0 aliphatic heterocycles. The lowest BCUT2D eigenvalue weighted by Gasteiger charge is -2.13. The number of rotatable bonds is 5. The average Bonchev–Trinajstić information content (AvgIpc) is 2.98. The van der Waals surface area contributed by atoms with Crippen molar-refractivity contribution in [1.82, 2.24) is 0 Å². The predicted molar refractivity (Wildman–Crippen MR) is 63.5 cm³/mol. The highest BCUT2D eigenvalue weighted by molar-refractivity contribution is 5.78. The highest BCUT2D eigenvalue weighted by Crippen LogP contribution is 2.41. The minimum atomic E-state index is 0.0921. The first-order valence-corrected chi connectivity index (χ1v) is 5.76. The molecule has 1 aliphatic carbocycles. The minimum Gasteiger partial charge on any atom is -0.378 e. The predicted octanol–water partition coefficient (Wildman–Crippen LogP) is 2.54. The molecule has 1 aromatic carbocycles. The Morgan fingerprint density at radius 2 is 2.06 bits per heavy atom. The van der Waals surface area contributed by atoms with Gasteiger partial charge in [-0.05, 0) is 30.9 Å². The molecule has 0 aromatic heterocycles. The fourth-order valence-corrected chi connectivity index (χ4v) is 2.10. The summed E-state index contributed by atoms with van der Waals surface area (Å²) in [4.78, 5) is 11.1. The van der Waals surface area contributed by atoms with E-state index in [1.807, 2.05) is 12.1 Å². The van der Waals surface area contributed by atoms with Crippen molar-refractivity contribution in [3.05, 3.63) is 35.4 Å². The van der Waals surface area contributed by atoms with Crippen LogP contribution in [-0.2, 0) is 22.4 Å². The van der Waals surface area contributed by atoms with E-state index in [0.717, 1.165) is 24.8 Å². The van der Waals surface area contributed by atoms with Crippen LogP contribution in [0.1, 0.15) is 30.9 Å². The minimum absolute atomic E-state index is 0.0921. The number of carbonyl (C=O) groups is 1. The van der Waals surface area contributed by atoms with Gasteiger partial charge in [-0.3, -0.25) is 4.79 Å². The maximum atomic E-state index is 11.1. The van der Waals surface area contributed by atoms with Crippen LogP contribution in [-0.4, -0.2) is 18.5 Å². The molecule has 2 heteroatoms. The van der Waals surface area contributed by atoms with Crippen LogP contribution >= 0.6 is 0 Å². The Hall–Kier alpha value is -1.15. The molecule has 1 fully saturated rings. The van der Waals surface area contributed by atoms with Crippen molar-refractivity contribution < 1.29 is 9.53 Å². The maximum absolute atomic E-state index is 11.1. The van der Waals surface area contributed by atoms with E-state index in [1.54, 1.807) is 14.0 Å². The van der Waals surface area contributed by atoms with Crippen LogP contribution in [0.3, 0.4) is 0 Å².